The van der Waals surface area contributed by atoms with Crippen LogP contribution in [0.4, 0.5) is 5.69 Å². The number of nitrogens with one attached hydrogen (secondary N) is 1. The lowest BCUT2D eigenvalue weighted by Gasteiger charge is -2.06. The molecular formula is C22H16Cl2N4O. The number of carbonyl (C=O) groups excluding carboxylic acids is 1. The molecule has 0 atom stereocenters. The van der Waals surface area contributed by atoms with Crippen LogP contribution in [0.3, 0.4) is 0 Å². The molecule has 4 aromatic rings. The van der Waals surface area contributed by atoms with Gasteiger partial charge in [0.25, 0.3) is 5.91 Å². The van der Waals surface area contributed by atoms with Crippen LogP contribution in [0.15, 0.2) is 72.8 Å². The number of nitrogens with zero attached hydrogens (tertiary/aromatic N) is 3. The molecule has 0 aliphatic heterocycles. The molecule has 0 saturated carbocycles. The van der Waals surface area contributed by atoms with Gasteiger partial charge in [0.05, 0.1) is 5.69 Å². The maximum absolute atomic E-state index is 12.8. The Morgan fingerprint density at radius 3 is 2.34 bits per heavy atom. The summed E-state index contributed by atoms with van der Waals surface area (Å²) in [6.07, 6.45) is 0. The minimum Gasteiger partial charge on any atom is -0.319 e. The topological polar surface area (TPSA) is 59.8 Å². The summed E-state index contributed by atoms with van der Waals surface area (Å²) in [5.74, 6) is 0.180. The summed E-state index contributed by atoms with van der Waals surface area (Å²) in [6.45, 7) is 1.89. The molecule has 0 unspecified atom stereocenters. The number of hydrogen-bond acceptors (Lipinski definition) is 3. The SMILES string of the molecule is Cc1ccc(Cl)cc1NC(=O)c1nc(-c2ccc(Cl)cc2)n(-c2ccccc2)n1. The lowest BCUT2D eigenvalue weighted by molar-refractivity contribution is 0.101. The molecule has 0 fully saturated rings. The molecule has 1 aromatic heterocycles. The van der Waals surface area contributed by atoms with Crippen LogP contribution in [0.25, 0.3) is 17.1 Å². The number of aromatic nitrogens is 3. The Bertz CT molecular complexity index is 1170. The van der Waals surface area contributed by atoms with Gasteiger partial charge < -0.3 is 5.32 Å². The highest BCUT2D eigenvalue weighted by atomic mass is 35.5. The highest BCUT2D eigenvalue weighted by Crippen LogP contribution is 2.24. The van der Waals surface area contributed by atoms with E-state index in [1.165, 1.54) is 0 Å². The van der Waals surface area contributed by atoms with Crippen molar-refractivity contribution in [3.05, 3.63) is 94.2 Å². The molecule has 144 valence electrons. The Morgan fingerprint density at radius 2 is 1.62 bits per heavy atom. The van der Waals surface area contributed by atoms with Gasteiger partial charge in [-0.3, -0.25) is 4.79 Å². The van der Waals surface area contributed by atoms with Crippen LogP contribution in [-0.4, -0.2) is 20.7 Å². The number of amides is 1. The fourth-order valence-corrected chi connectivity index (χ4v) is 3.15. The highest BCUT2D eigenvalue weighted by Gasteiger charge is 2.19. The Labute approximate surface area is 177 Å². The summed E-state index contributed by atoms with van der Waals surface area (Å²) in [5, 5.41) is 8.45. The van der Waals surface area contributed by atoms with Gasteiger partial charge in [0.15, 0.2) is 5.82 Å². The molecule has 1 amide bonds. The monoisotopic (exact) mass is 422 g/mol. The molecule has 0 saturated heterocycles. The number of carbonyl (C=O) groups is 1. The summed E-state index contributed by atoms with van der Waals surface area (Å²) in [7, 11) is 0. The summed E-state index contributed by atoms with van der Waals surface area (Å²) in [5.41, 5.74) is 3.10. The molecule has 3 aromatic carbocycles. The van der Waals surface area contributed by atoms with Gasteiger partial charge in [-0.2, -0.15) is 0 Å². The van der Waals surface area contributed by atoms with E-state index in [9.17, 15) is 4.79 Å². The third-order valence-corrected chi connectivity index (χ3v) is 4.85. The predicted molar refractivity (Wildman–Crippen MR) is 116 cm³/mol. The summed E-state index contributed by atoms with van der Waals surface area (Å²) < 4.78 is 1.64. The van der Waals surface area contributed by atoms with Gasteiger partial charge in [-0.1, -0.05) is 47.5 Å². The maximum atomic E-state index is 12.8. The fraction of sp³-hybridized carbons (Fsp3) is 0.0455. The van der Waals surface area contributed by atoms with Crippen molar-refractivity contribution < 1.29 is 4.79 Å². The van der Waals surface area contributed by atoms with E-state index >= 15 is 0 Å². The molecule has 0 aliphatic carbocycles. The zero-order valence-electron chi connectivity index (χ0n) is 15.4. The fourth-order valence-electron chi connectivity index (χ4n) is 2.85. The van der Waals surface area contributed by atoms with Crippen molar-refractivity contribution in [1.82, 2.24) is 14.8 Å². The number of hydrogen-bond donors (Lipinski definition) is 1. The van der Waals surface area contributed by atoms with Gasteiger partial charge >= 0.3 is 0 Å². The normalized spacial score (nSPS) is 10.7. The van der Waals surface area contributed by atoms with Gasteiger partial charge in [-0.05, 0) is 61.0 Å². The first-order valence-corrected chi connectivity index (χ1v) is 9.63. The van der Waals surface area contributed by atoms with Crippen LogP contribution in [0.2, 0.25) is 10.0 Å². The summed E-state index contributed by atoms with van der Waals surface area (Å²) in [4.78, 5) is 17.3. The Morgan fingerprint density at radius 1 is 0.931 bits per heavy atom. The second kappa shape index (κ2) is 8.07. The van der Waals surface area contributed by atoms with E-state index in [0.29, 0.717) is 21.6 Å². The molecule has 5 nitrogen and oxygen atoms in total. The summed E-state index contributed by atoms with van der Waals surface area (Å²) >= 11 is 12.1. The van der Waals surface area contributed by atoms with Gasteiger partial charge in [0.1, 0.15) is 0 Å². The van der Waals surface area contributed by atoms with Gasteiger partial charge in [0, 0.05) is 21.3 Å². The van der Waals surface area contributed by atoms with Gasteiger partial charge in [-0.25, -0.2) is 9.67 Å². The molecule has 0 bridgehead atoms. The number of benzene rings is 3. The average molecular weight is 423 g/mol. The number of aryl methyl sites for hydroxylation is 1. The van der Waals surface area contributed by atoms with Crippen molar-refractivity contribution in [2.45, 2.75) is 6.92 Å². The second-order valence-electron chi connectivity index (χ2n) is 6.43. The predicted octanol–water partition coefficient (Wildman–Crippen LogP) is 5.80. The van der Waals surface area contributed by atoms with E-state index < -0.39 is 5.91 Å². The smallest absolute Gasteiger partial charge is 0.295 e. The van der Waals surface area contributed by atoms with Crippen molar-refractivity contribution in [3.8, 4) is 17.1 Å². The van der Waals surface area contributed by atoms with Crippen molar-refractivity contribution in [2.24, 2.45) is 0 Å². The molecular weight excluding hydrogens is 407 g/mol. The van der Waals surface area contributed by atoms with E-state index in [0.717, 1.165) is 16.8 Å². The maximum Gasteiger partial charge on any atom is 0.295 e. The van der Waals surface area contributed by atoms with Crippen LogP contribution in [0, 0.1) is 6.92 Å². The number of para-hydroxylation sites is 1. The average Bonchev–Trinajstić information content (AvgIpc) is 3.17. The van der Waals surface area contributed by atoms with Crippen molar-refractivity contribution >= 4 is 34.8 Å². The minimum atomic E-state index is -0.416. The van der Waals surface area contributed by atoms with E-state index in [4.69, 9.17) is 23.2 Å². The molecule has 4 rings (SSSR count). The largest absolute Gasteiger partial charge is 0.319 e. The molecule has 0 radical (unpaired) electrons. The van der Waals surface area contributed by atoms with Crippen LogP contribution >= 0.6 is 23.2 Å². The third-order valence-electron chi connectivity index (χ3n) is 4.36. The van der Waals surface area contributed by atoms with Crippen molar-refractivity contribution in [2.75, 3.05) is 5.32 Å². The standard InChI is InChI=1S/C22H16Cl2N4O/c1-14-7-10-17(24)13-19(14)25-22(29)20-26-21(15-8-11-16(23)12-9-15)28(27-20)18-5-3-2-4-6-18/h2-13H,1H3,(H,25,29). The molecule has 29 heavy (non-hydrogen) atoms. The Hall–Kier alpha value is -3.15. The van der Waals surface area contributed by atoms with Crippen LogP contribution in [-0.2, 0) is 0 Å². The lowest BCUT2D eigenvalue weighted by atomic mass is 10.2. The van der Waals surface area contributed by atoms with Crippen molar-refractivity contribution in [3.63, 3.8) is 0 Å². The number of anilines is 1. The molecule has 1 N–H and O–H groups in total. The van der Waals surface area contributed by atoms with E-state index in [-0.39, 0.29) is 5.82 Å². The van der Waals surface area contributed by atoms with Crippen LogP contribution in [0.1, 0.15) is 16.2 Å². The zero-order valence-corrected chi connectivity index (χ0v) is 16.9. The van der Waals surface area contributed by atoms with Crippen molar-refractivity contribution in [1.29, 1.82) is 0 Å². The second-order valence-corrected chi connectivity index (χ2v) is 7.30. The van der Waals surface area contributed by atoms with E-state index in [1.54, 1.807) is 28.9 Å². The number of rotatable bonds is 4. The first-order valence-electron chi connectivity index (χ1n) is 8.87. The minimum absolute atomic E-state index is 0.0539. The van der Waals surface area contributed by atoms with Crippen LogP contribution < -0.4 is 5.32 Å². The quantitative estimate of drug-likeness (QED) is 0.451. The van der Waals surface area contributed by atoms with E-state index in [1.807, 2.05) is 55.5 Å². The zero-order chi connectivity index (χ0) is 20.4. The molecule has 7 heteroatoms. The van der Waals surface area contributed by atoms with Gasteiger partial charge in [-0.15, -0.1) is 5.10 Å². The van der Waals surface area contributed by atoms with E-state index in [2.05, 4.69) is 15.4 Å². The first-order chi connectivity index (χ1) is 14.0. The third kappa shape index (κ3) is 4.16. The molecule has 0 spiro atoms. The molecule has 1 heterocycles. The first kappa shape index (κ1) is 19.2. The highest BCUT2D eigenvalue weighted by molar-refractivity contribution is 6.31. The van der Waals surface area contributed by atoms with Crippen LogP contribution in [0.5, 0.6) is 0 Å². The lowest BCUT2D eigenvalue weighted by Crippen LogP contribution is -2.15. The number of halogens is 2. The molecule has 0 aliphatic rings. The van der Waals surface area contributed by atoms with Gasteiger partial charge in [0.2, 0.25) is 5.82 Å². The Kier molecular flexibility index (Phi) is 5.34. The summed E-state index contributed by atoms with van der Waals surface area (Å²) in [6, 6.07) is 22.1. The Balaban J connectivity index is 1.75.